The number of hydrogen-bond donors (Lipinski definition) is 1. The predicted molar refractivity (Wildman–Crippen MR) is 118 cm³/mol. The van der Waals surface area contributed by atoms with Crippen LogP contribution in [0, 0.1) is 13.8 Å². The summed E-state index contributed by atoms with van der Waals surface area (Å²) in [4.78, 5) is 27.1. The number of aliphatic imine (C=N–C) groups is 1. The minimum atomic E-state index is -0.561. The van der Waals surface area contributed by atoms with Gasteiger partial charge in [-0.25, -0.2) is 24.4 Å². The van der Waals surface area contributed by atoms with E-state index in [1.165, 1.54) is 6.33 Å². The van der Waals surface area contributed by atoms with Crippen LogP contribution in [0.1, 0.15) is 32.0 Å². The zero-order valence-electron chi connectivity index (χ0n) is 18.4. The Morgan fingerprint density at radius 1 is 1.23 bits per heavy atom. The monoisotopic (exact) mass is 409 g/mol. The Morgan fingerprint density at radius 2 is 1.97 bits per heavy atom. The van der Waals surface area contributed by atoms with Crippen LogP contribution in [0.2, 0.25) is 0 Å². The number of carbonyl (C=O) groups is 1. The van der Waals surface area contributed by atoms with Gasteiger partial charge in [-0.15, -0.1) is 0 Å². The van der Waals surface area contributed by atoms with Crippen molar-refractivity contribution in [2.75, 3.05) is 19.4 Å². The second-order valence-electron chi connectivity index (χ2n) is 8.23. The standard InChI is InChI=1S/C21H27N7O2/c1-13-10-15(25-20(29)30-21(3,4)5)8-9-16(13)28-18-17(14(2)26-28)22-11-23-19(18)24-12-27(6)7/h8-12H,1-7H3,(H,25,29)/b24-12+. The number of nitrogens with zero attached hydrogens (tertiary/aromatic N) is 6. The third-order valence-electron chi connectivity index (χ3n) is 4.09. The van der Waals surface area contributed by atoms with E-state index in [1.54, 1.807) is 11.0 Å². The molecule has 0 bridgehead atoms. The maximum absolute atomic E-state index is 12.1. The number of ether oxygens (including phenoxy) is 1. The topological polar surface area (TPSA) is 97.5 Å². The maximum Gasteiger partial charge on any atom is 0.412 e. The first kappa shape index (κ1) is 21.2. The molecular formula is C21H27N7O2. The highest BCUT2D eigenvalue weighted by Crippen LogP contribution is 2.29. The summed E-state index contributed by atoms with van der Waals surface area (Å²) < 4.78 is 7.11. The third-order valence-corrected chi connectivity index (χ3v) is 4.09. The summed E-state index contributed by atoms with van der Waals surface area (Å²) in [7, 11) is 3.79. The fraction of sp³-hybridized carbons (Fsp3) is 0.381. The van der Waals surface area contributed by atoms with Crippen LogP contribution >= 0.6 is 0 Å². The predicted octanol–water partition coefficient (Wildman–Crippen LogP) is 4.00. The Balaban J connectivity index is 2.01. The van der Waals surface area contributed by atoms with Gasteiger partial charge in [0.1, 0.15) is 23.0 Å². The van der Waals surface area contributed by atoms with E-state index < -0.39 is 11.7 Å². The summed E-state index contributed by atoms with van der Waals surface area (Å²) in [5.74, 6) is 0.532. The zero-order chi connectivity index (χ0) is 22.1. The average molecular weight is 409 g/mol. The summed E-state index contributed by atoms with van der Waals surface area (Å²) in [5, 5.41) is 7.42. The number of nitrogens with one attached hydrogen (secondary N) is 1. The molecule has 0 fully saturated rings. The van der Waals surface area contributed by atoms with Gasteiger partial charge in [-0.3, -0.25) is 5.32 Å². The van der Waals surface area contributed by atoms with Gasteiger partial charge >= 0.3 is 6.09 Å². The molecule has 1 aromatic carbocycles. The lowest BCUT2D eigenvalue weighted by Gasteiger charge is -2.20. The molecule has 9 nitrogen and oxygen atoms in total. The number of aryl methyl sites for hydroxylation is 2. The van der Waals surface area contributed by atoms with Crippen LogP contribution in [0.15, 0.2) is 29.5 Å². The Labute approximate surface area is 175 Å². The number of carbonyl (C=O) groups excluding carboxylic acids is 1. The summed E-state index contributed by atoms with van der Waals surface area (Å²) in [6, 6.07) is 5.57. The lowest BCUT2D eigenvalue weighted by atomic mass is 10.1. The average Bonchev–Trinajstić information content (AvgIpc) is 2.96. The molecule has 158 valence electrons. The SMILES string of the molecule is Cc1cc(NC(=O)OC(C)(C)C)ccc1-n1nc(C)c2ncnc(/N=C/N(C)C)c21. The number of amides is 1. The van der Waals surface area contributed by atoms with E-state index in [-0.39, 0.29) is 0 Å². The Kier molecular flexibility index (Phi) is 5.73. The van der Waals surface area contributed by atoms with Crippen molar-refractivity contribution in [2.24, 2.45) is 4.99 Å². The van der Waals surface area contributed by atoms with Crippen molar-refractivity contribution in [3.63, 3.8) is 0 Å². The van der Waals surface area contributed by atoms with Crippen LogP contribution in [0.5, 0.6) is 0 Å². The quantitative estimate of drug-likeness (QED) is 0.517. The molecule has 0 aliphatic heterocycles. The molecule has 1 N–H and O–H groups in total. The van der Waals surface area contributed by atoms with Crippen LogP contribution in [0.4, 0.5) is 16.3 Å². The molecule has 0 saturated carbocycles. The van der Waals surface area contributed by atoms with E-state index in [0.29, 0.717) is 11.5 Å². The molecule has 0 atom stereocenters. The molecule has 0 aliphatic carbocycles. The van der Waals surface area contributed by atoms with Gasteiger partial charge < -0.3 is 9.64 Å². The Morgan fingerprint density at radius 3 is 2.60 bits per heavy atom. The van der Waals surface area contributed by atoms with Crippen molar-refractivity contribution < 1.29 is 9.53 Å². The first-order valence-corrected chi connectivity index (χ1v) is 9.57. The van der Waals surface area contributed by atoms with Crippen molar-refractivity contribution in [1.29, 1.82) is 0 Å². The number of fused-ring (bicyclic) bond motifs is 1. The van der Waals surface area contributed by atoms with E-state index in [2.05, 4.69) is 25.4 Å². The van der Waals surface area contributed by atoms with Crippen LogP contribution in [-0.2, 0) is 4.74 Å². The number of aromatic nitrogens is 4. The van der Waals surface area contributed by atoms with Crippen molar-refractivity contribution in [1.82, 2.24) is 24.6 Å². The van der Waals surface area contributed by atoms with Gasteiger partial charge in [0, 0.05) is 19.8 Å². The molecule has 0 saturated heterocycles. The molecule has 0 aliphatic rings. The van der Waals surface area contributed by atoms with E-state index in [9.17, 15) is 4.79 Å². The molecule has 1 amide bonds. The van der Waals surface area contributed by atoms with Crippen molar-refractivity contribution in [3.8, 4) is 5.69 Å². The molecule has 0 radical (unpaired) electrons. The second kappa shape index (κ2) is 8.10. The van der Waals surface area contributed by atoms with Crippen LogP contribution in [0.3, 0.4) is 0 Å². The normalized spacial score (nSPS) is 11.8. The number of rotatable bonds is 4. The van der Waals surface area contributed by atoms with Gasteiger partial charge in [0.05, 0.1) is 17.7 Å². The highest BCUT2D eigenvalue weighted by Gasteiger charge is 2.18. The van der Waals surface area contributed by atoms with Gasteiger partial charge in [0.2, 0.25) is 0 Å². The van der Waals surface area contributed by atoms with Gasteiger partial charge in [0.15, 0.2) is 5.82 Å². The molecule has 2 aromatic heterocycles. The van der Waals surface area contributed by atoms with Crippen molar-refractivity contribution >= 4 is 35.0 Å². The molecule has 0 spiro atoms. The van der Waals surface area contributed by atoms with Gasteiger partial charge in [-0.05, 0) is 58.4 Å². The minimum Gasteiger partial charge on any atom is -0.444 e. The van der Waals surface area contributed by atoms with E-state index in [1.807, 2.05) is 71.8 Å². The molecule has 3 aromatic rings. The smallest absolute Gasteiger partial charge is 0.412 e. The summed E-state index contributed by atoms with van der Waals surface area (Å²) in [6.07, 6.45) is 2.68. The first-order chi connectivity index (χ1) is 14.0. The number of hydrogen-bond acceptors (Lipinski definition) is 6. The zero-order valence-corrected chi connectivity index (χ0v) is 18.4. The lowest BCUT2D eigenvalue weighted by molar-refractivity contribution is 0.0636. The molecule has 9 heteroatoms. The second-order valence-corrected chi connectivity index (χ2v) is 8.23. The minimum absolute atomic E-state index is 0.497. The fourth-order valence-electron chi connectivity index (χ4n) is 2.91. The maximum atomic E-state index is 12.1. The summed E-state index contributed by atoms with van der Waals surface area (Å²) in [6.45, 7) is 9.32. The van der Waals surface area contributed by atoms with Crippen LogP contribution < -0.4 is 5.32 Å². The van der Waals surface area contributed by atoms with Crippen LogP contribution in [0.25, 0.3) is 16.7 Å². The van der Waals surface area contributed by atoms with Gasteiger partial charge in [-0.2, -0.15) is 5.10 Å². The first-order valence-electron chi connectivity index (χ1n) is 9.57. The van der Waals surface area contributed by atoms with E-state index >= 15 is 0 Å². The van der Waals surface area contributed by atoms with E-state index in [0.717, 1.165) is 28.0 Å². The third kappa shape index (κ3) is 4.73. The Bertz CT molecular complexity index is 1110. The van der Waals surface area contributed by atoms with Crippen molar-refractivity contribution in [2.45, 2.75) is 40.2 Å². The summed E-state index contributed by atoms with van der Waals surface area (Å²) in [5.41, 5.74) is 4.09. The lowest BCUT2D eigenvalue weighted by Crippen LogP contribution is -2.27. The van der Waals surface area contributed by atoms with Gasteiger partial charge in [-0.1, -0.05) is 0 Å². The number of anilines is 1. The molecular weight excluding hydrogens is 382 g/mol. The summed E-state index contributed by atoms with van der Waals surface area (Å²) >= 11 is 0. The molecule has 0 unspecified atom stereocenters. The molecule has 30 heavy (non-hydrogen) atoms. The highest BCUT2D eigenvalue weighted by molar-refractivity contribution is 5.89. The van der Waals surface area contributed by atoms with Gasteiger partial charge in [0.25, 0.3) is 0 Å². The van der Waals surface area contributed by atoms with Crippen LogP contribution in [-0.4, -0.2) is 56.8 Å². The molecule has 2 heterocycles. The molecule has 3 rings (SSSR count). The number of benzene rings is 1. The highest BCUT2D eigenvalue weighted by atomic mass is 16.6. The van der Waals surface area contributed by atoms with E-state index in [4.69, 9.17) is 4.74 Å². The fourth-order valence-corrected chi connectivity index (χ4v) is 2.91. The largest absolute Gasteiger partial charge is 0.444 e. The Hall–Kier alpha value is -3.49. The van der Waals surface area contributed by atoms with Crippen molar-refractivity contribution in [3.05, 3.63) is 35.8 Å².